The second-order valence-corrected chi connectivity index (χ2v) is 5.38. The molecule has 2 amide bonds. The molecule has 6 heteroatoms. The van der Waals surface area contributed by atoms with Crippen LogP contribution in [0.1, 0.15) is 18.5 Å². The Morgan fingerprint density at radius 1 is 1.42 bits per heavy atom. The first-order valence-corrected chi connectivity index (χ1v) is 6.70. The van der Waals surface area contributed by atoms with E-state index >= 15 is 0 Å². The first-order chi connectivity index (χ1) is 8.97. The van der Waals surface area contributed by atoms with Crippen LogP contribution < -0.4 is 5.32 Å². The van der Waals surface area contributed by atoms with Crippen molar-refractivity contribution in [1.29, 1.82) is 0 Å². The first kappa shape index (κ1) is 13.7. The fourth-order valence-corrected chi connectivity index (χ4v) is 2.46. The van der Waals surface area contributed by atoms with E-state index < -0.39 is 0 Å². The van der Waals surface area contributed by atoms with Crippen LogP contribution in [0.25, 0.3) is 0 Å². The van der Waals surface area contributed by atoms with Gasteiger partial charge in [0.2, 0.25) is 0 Å². The summed E-state index contributed by atoms with van der Waals surface area (Å²) in [6, 6.07) is 0.533. The molecule has 1 aromatic rings. The predicted octanol–water partition coefficient (Wildman–Crippen LogP) is 1.29. The van der Waals surface area contributed by atoms with Gasteiger partial charge in [-0.15, -0.1) is 0 Å². The quantitative estimate of drug-likeness (QED) is 0.876. The number of hydrogen-bond donors (Lipinski definition) is 1. The third-order valence-electron chi connectivity index (χ3n) is 3.52. The number of rotatable bonds is 2. The molecule has 0 atom stereocenters. The van der Waals surface area contributed by atoms with Crippen molar-refractivity contribution < 1.29 is 4.79 Å². The van der Waals surface area contributed by atoms with Crippen molar-refractivity contribution in [1.82, 2.24) is 19.6 Å². The third-order valence-corrected chi connectivity index (χ3v) is 3.52. The zero-order chi connectivity index (χ0) is 14.0. The van der Waals surface area contributed by atoms with Gasteiger partial charge in [-0.25, -0.2) is 4.79 Å². The van der Waals surface area contributed by atoms with E-state index in [9.17, 15) is 4.79 Å². The molecule has 0 unspecified atom stereocenters. The van der Waals surface area contributed by atoms with Crippen molar-refractivity contribution in [2.24, 2.45) is 7.05 Å². The summed E-state index contributed by atoms with van der Waals surface area (Å²) in [7, 11) is 5.52. The molecule has 0 bridgehead atoms. The van der Waals surface area contributed by atoms with Crippen molar-refractivity contribution in [2.75, 3.05) is 32.5 Å². The highest BCUT2D eigenvalue weighted by Crippen LogP contribution is 2.19. The Bertz CT molecular complexity index is 446. The van der Waals surface area contributed by atoms with Gasteiger partial charge in [-0.05, 0) is 19.8 Å². The fraction of sp³-hybridized carbons (Fsp3) is 0.692. The smallest absolute Gasteiger partial charge is 0.319 e. The summed E-state index contributed by atoms with van der Waals surface area (Å²) in [5.41, 5.74) is 2.12. The van der Waals surface area contributed by atoms with Crippen LogP contribution in [0, 0.1) is 6.92 Å². The molecule has 1 fully saturated rings. The molecule has 0 aromatic carbocycles. The number of nitrogens with one attached hydrogen (secondary N) is 1. The van der Waals surface area contributed by atoms with Gasteiger partial charge in [0.25, 0.3) is 0 Å². The van der Waals surface area contributed by atoms with E-state index in [1.165, 1.54) is 0 Å². The van der Waals surface area contributed by atoms with Gasteiger partial charge in [-0.1, -0.05) is 0 Å². The third kappa shape index (κ3) is 3.19. The van der Waals surface area contributed by atoms with Crippen molar-refractivity contribution in [3.05, 3.63) is 11.9 Å². The van der Waals surface area contributed by atoms with Crippen molar-refractivity contribution >= 4 is 11.7 Å². The Morgan fingerprint density at radius 2 is 2.05 bits per heavy atom. The number of aryl methyl sites for hydroxylation is 2. The van der Waals surface area contributed by atoms with Gasteiger partial charge in [0.1, 0.15) is 0 Å². The van der Waals surface area contributed by atoms with Crippen LogP contribution in [0.3, 0.4) is 0 Å². The molecule has 2 rings (SSSR count). The summed E-state index contributed by atoms with van der Waals surface area (Å²) in [5.74, 6) is 0. The van der Waals surface area contributed by atoms with Gasteiger partial charge in [-0.3, -0.25) is 4.68 Å². The van der Waals surface area contributed by atoms with Crippen LogP contribution in [0.2, 0.25) is 0 Å². The first-order valence-electron chi connectivity index (χ1n) is 6.70. The second-order valence-electron chi connectivity index (χ2n) is 5.38. The summed E-state index contributed by atoms with van der Waals surface area (Å²) in [6.07, 6.45) is 3.97. The van der Waals surface area contributed by atoms with E-state index in [4.69, 9.17) is 0 Å². The minimum Gasteiger partial charge on any atom is -0.379 e. The lowest BCUT2D eigenvalue weighted by Crippen LogP contribution is -2.46. The molecule has 6 nitrogen and oxygen atoms in total. The topological polar surface area (TPSA) is 53.4 Å². The van der Waals surface area contributed by atoms with E-state index in [2.05, 4.69) is 10.4 Å². The van der Waals surface area contributed by atoms with Crippen molar-refractivity contribution in [3.8, 4) is 0 Å². The largest absolute Gasteiger partial charge is 0.379 e. The fourth-order valence-electron chi connectivity index (χ4n) is 2.46. The summed E-state index contributed by atoms with van der Waals surface area (Å²) >= 11 is 0. The number of carbonyl (C=O) groups excluding carboxylic acids is 1. The maximum absolute atomic E-state index is 11.8. The van der Waals surface area contributed by atoms with E-state index in [0.717, 1.165) is 37.3 Å². The number of amides is 2. The van der Waals surface area contributed by atoms with Gasteiger partial charge in [0.15, 0.2) is 0 Å². The van der Waals surface area contributed by atoms with Gasteiger partial charge in [0, 0.05) is 46.5 Å². The zero-order valence-electron chi connectivity index (χ0n) is 12.2. The number of likely N-dealkylation sites (tertiary alicyclic amines) is 1. The molecule has 106 valence electrons. The summed E-state index contributed by atoms with van der Waals surface area (Å²) in [4.78, 5) is 15.4. The molecule has 1 N–H and O–H groups in total. The zero-order valence-corrected chi connectivity index (χ0v) is 12.2. The van der Waals surface area contributed by atoms with Gasteiger partial charge in [0.05, 0.1) is 11.4 Å². The minimum atomic E-state index is 0.107. The van der Waals surface area contributed by atoms with Crippen molar-refractivity contribution in [2.45, 2.75) is 25.8 Å². The van der Waals surface area contributed by atoms with Crippen LogP contribution in [0.4, 0.5) is 10.5 Å². The predicted molar refractivity (Wildman–Crippen MR) is 75.2 cm³/mol. The van der Waals surface area contributed by atoms with E-state index in [1.807, 2.05) is 29.7 Å². The molecule has 0 spiro atoms. The highest BCUT2D eigenvalue weighted by Gasteiger charge is 2.24. The normalized spacial score (nSPS) is 16.5. The van der Waals surface area contributed by atoms with Gasteiger partial charge in [-0.2, -0.15) is 5.10 Å². The lowest BCUT2D eigenvalue weighted by molar-refractivity contribution is 0.158. The Kier molecular flexibility index (Phi) is 3.97. The standard InChI is InChI=1S/C13H23N5O/c1-10-12(9-17(4)15-10)14-11-5-7-18(8-6-11)13(19)16(2)3/h9,11,14H,5-8H2,1-4H3. The average molecular weight is 265 g/mol. The molecule has 1 aliphatic rings. The number of aromatic nitrogens is 2. The lowest BCUT2D eigenvalue weighted by atomic mass is 10.1. The Labute approximate surface area is 114 Å². The van der Waals surface area contributed by atoms with Crippen LogP contribution in [-0.2, 0) is 7.05 Å². The van der Waals surface area contributed by atoms with E-state index in [-0.39, 0.29) is 6.03 Å². The Morgan fingerprint density at radius 3 is 2.53 bits per heavy atom. The molecule has 19 heavy (non-hydrogen) atoms. The number of urea groups is 1. The highest BCUT2D eigenvalue weighted by molar-refractivity contribution is 5.73. The summed E-state index contributed by atoms with van der Waals surface area (Å²) in [5, 5.41) is 7.85. The Balaban J connectivity index is 1.87. The van der Waals surface area contributed by atoms with Crippen molar-refractivity contribution in [3.63, 3.8) is 0 Å². The molecule has 0 aliphatic carbocycles. The monoisotopic (exact) mass is 265 g/mol. The van der Waals surface area contributed by atoms with E-state index in [1.54, 1.807) is 19.0 Å². The molecule has 0 radical (unpaired) electrons. The Hall–Kier alpha value is -1.72. The number of anilines is 1. The maximum Gasteiger partial charge on any atom is 0.319 e. The number of hydrogen-bond acceptors (Lipinski definition) is 3. The summed E-state index contributed by atoms with van der Waals surface area (Å²) in [6.45, 7) is 3.63. The van der Waals surface area contributed by atoms with Crippen LogP contribution in [-0.4, -0.2) is 58.8 Å². The number of carbonyl (C=O) groups is 1. The van der Waals surface area contributed by atoms with Gasteiger partial charge < -0.3 is 15.1 Å². The van der Waals surface area contributed by atoms with Crippen LogP contribution in [0.5, 0.6) is 0 Å². The average Bonchev–Trinajstić information content (AvgIpc) is 2.68. The second kappa shape index (κ2) is 5.50. The number of piperidine rings is 1. The molecule has 1 aliphatic heterocycles. The minimum absolute atomic E-state index is 0.107. The van der Waals surface area contributed by atoms with Crippen LogP contribution in [0.15, 0.2) is 6.20 Å². The van der Waals surface area contributed by atoms with Crippen LogP contribution >= 0.6 is 0 Å². The molecular formula is C13H23N5O. The molecule has 0 saturated carbocycles. The summed E-state index contributed by atoms with van der Waals surface area (Å²) < 4.78 is 1.82. The van der Waals surface area contributed by atoms with Gasteiger partial charge >= 0.3 is 6.03 Å². The molecule has 2 heterocycles. The SMILES string of the molecule is Cc1nn(C)cc1NC1CCN(C(=O)N(C)C)CC1. The maximum atomic E-state index is 11.8. The molecular weight excluding hydrogens is 242 g/mol. The highest BCUT2D eigenvalue weighted by atomic mass is 16.2. The molecule has 1 aromatic heterocycles. The number of nitrogens with zero attached hydrogens (tertiary/aromatic N) is 4. The van der Waals surface area contributed by atoms with E-state index in [0.29, 0.717) is 6.04 Å². The molecule has 1 saturated heterocycles. The lowest BCUT2D eigenvalue weighted by Gasteiger charge is -2.34.